The normalized spacial score (nSPS) is 22.7. The van der Waals surface area contributed by atoms with Crippen LogP contribution in [-0.2, 0) is 39.8 Å². The molecule has 2 unspecified atom stereocenters. The third-order valence-electron chi connectivity index (χ3n) is 8.29. The van der Waals surface area contributed by atoms with Gasteiger partial charge in [0.05, 0.1) is 19.2 Å². The molecular weight excluding hydrogens is 714 g/mol. The molecule has 0 radical (unpaired) electrons. The van der Waals surface area contributed by atoms with Crippen molar-refractivity contribution in [1.82, 2.24) is 14.5 Å². The van der Waals surface area contributed by atoms with Crippen LogP contribution in [0.4, 0.5) is 9.59 Å². The first-order valence-corrected chi connectivity index (χ1v) is 18.3. The molecule has 1 saturated heterocycles. The van der Waals surface area contributed by atoms with Crippen molar-refractivity contribution in [2.24, 2.45) is 5.92 Å². The average Bonchev–Trinajstić information content (AvgIpc) is 3.66. The summed E-state index contributed by atoms with van der Waals surface area (Å²) in [6, 6.07) is 3.19. The number of cyclic esters (lactones) is 1. The molecule has 302 valence electrons. The van der Waals surface area contributed by atoms with Crippen molar-refractivity contribution in [2.75, 3.05) is 27.1 Å². The zero-order valence-electron chi connectivity index (χ0n) is 33.7. The SMILES string of the molecule is COCOc1cc(OCCN(Cc2nccn2C(=O)OC(C)(C)C)C(=O)OC(C)(C)C)cc2c1C(=O)O[C@@H](C)[C@H](C)/C=C\C(=O)C1OC(C)(C)OC1C/C=C/2. The van der Waals surface area contributed by atoms with E-state index < -0.39 is 53.5 Å². The highest BCUT2D eigenvalue weighted by Gasteiger charge is 2.43. The van der Waals surface area contributed by atoms with Gasteiger partial charge in [-0.05, 0) is 86.4 Å². The van der Waals surface area contributed by atoms with Crippen molar-refractivity contribution in [2.45, 2.75) is 118 Å². The molecule has 4 atom stereocenters. The predicted molar refractivity (Wildman–Crippen MR) is 201 cm³/mol. The second kappa shape index (κ2) is 17.8. The summed E-state index contributed by atoms with van der Waals surface area (Å²) < 4.78 is 47.6. The van der Waals surface area contributed by atoms with E-state index in [1.165, 1.54) is 35.0 Å². The molecule has 0 spiro atoms. The number of rotatable bonds is 9. The van der Waals surface area contributed by atoms with Crippen molar-refractivity contribution in [1.29, 1.82) is 0 Å². The number of esters is 1. The molecule has 0 saturated carbocycles. The Morgan fingerprint density at radius 1 is 1.00 bits per heavy atom. The first-order chi connectivity index (χ1) is 25.7. The molecule has 0 aliphatic carbocycles. The Hall–Kier alpha value is -4.73. The summed E-state index contributed by atoms with van der Waals surface area (Å²) >= 11 is 0. The minimum atomic E-state index is -0.971. The summed E-state index contributed by atoms with van der Waals surface area (Å²) in [5.74, 6) is -1.47. The molecule has 4 rings (SSSR count). The third kappa shape index (κ3) is 12.4. The molecular formula is C40H55N3O12. The third-order valence-corrected chi connectivity index (χ3v) is 8.29. The van der Waals surface area contributed by atoms with Crippen LogP contribution >= 0.6 is 0 Å². The van der Waals surface area contributed by atoms with Gasteiger partial charge in [0.2, 0.25) is 0 Å². The Morgan fingerprint density at radius 2 is 1.71 bits per heavy atom. The van der Waals surface area contributed by atoms with Crippen LogP contribution in [0, 0.1) is 5.92 Å². The van der Waals surface area contributed by atoms with Crippen LogP contribution in [0.25, 0.3) is 6.08 Å². The number of aromatic nitrogens is 2. The van der Waals surface area contributed by atoms with Gasteiger partial charge in [-0.15, -0.1) is 0 Å². The number of ketones is 1. The number of hydrogen-bond donors (Lipinski definition) is 0. The van der Waals surface area contributed by atoms with E-state index in [0.717, 1.165) is 0 Å². The predicted octanol–water partition coefficient (Wildman–Crippen LogP) is 6.71. The summed E-state index contributed by atoms with van der Waals surface area (Å²) in [7, 11) is 1.45. The van der Waals surface area contributed by atoms with E-state index in [4.69, 9.17) is 37.9 Å². The van der Waals surface area contributed by atoms with Crippen LogP contribution < -0.4 is 9.47 Å². The fraction of sp³-hybridized carbons (Fsp3) is 0.575. The molecule has 3 heterocycles. The van der Waals surface area contributed by atoms with E-state index in [2.05, 4.69) is 4.98 Å². The Morgan fingerprint density at radius 3 is 2.38 bits per heavy atom. The minimum Gasteiger partial charge on any atom is -0.492 e. The zero-order valence-corrected chi connectivity index (χ0v) is 33.7. The quantitative estimate of drug-likeness (QED) is 0.150. The maximum absolute atomic E-state index is 13.8. The van der Waals surface area contributed by atoms with Crippen molar-refractivity contribution < 1.29 is 57.1 Å². The Balaban J connectivity index is 1.66. The van der Waals surface area contributed by atoms with Gasteiger partial charge in [-0.1, -0.05) is 25.2 Å². The van der Waals surface area contributed by atoms with Crippen LogP contribution in [0.15, 0.2) is 42.8 Å². The lowest BCUT2D eigenvalue weighted by molar-refractivity contribution is -0.152. The highest BCUT2D eigenvalue weighted by atomic mass is 16.8. The fourth-order valence-corrected chi connectivity index (χ4v) is 5.63. The number of imidazole rings is 1. The van der Waals surface area contributed by atoms with E-state index in [9.17, 15) is 19.2 Å². The van der Waals surface area contributed by atoms with Gasteiger partial charge in [0.1, 0.15) is 52.9 Å². The van der Waals surface area contributed by atoms with E-state index >= 15 is 0 Å². The molecule has 0 N–H and O–H groups in total. The van der Waals surface area contributed by atoms with Gasteiger partial charge in [0, 0.05) is 31.5 Å². The van der Waals surface area contributed by atoms with E-state index in [1.54, 1.807) is 92.7 Å². The lowest BCUT2D eigenvalue weighted by Crippen LogP contribution is -2.39. The lowest BCUT2D eigenvalue weighted by Gasteiger charge is -2.27. The lowest BCUT2D eigenvalue weighted by atomic mass is 9.99. The molecule has 2 aliphatic heterocycles. The van der Waals surface area contributed by atoms with Gasteiger partial charge in [-0.2, -0.15) is 0 Å². The number of nitrogens with zero attached hydrogens (tertiary/aromatic N) is 3. The molecule has 1 amide bonds. The van der Waals surface area contributed by atoms with Crippen LogP contribution in [0.3, 0.4) is 0 Å². The fourth-order valence-electron chi connectivity index (χ4n) is 5.63. The summed E-state index contributed by atoms with van der Waals surface area (Å²) in [4.78, 5) is 59.0. The van der Waals surface area contributed by atoms with Gasteiger partial charge in [0.25, 0.3) is 0 Å². The standard InChI is InChI=1S/C40H55N3O12/c1-25-15-16-29(44)34-30(52-40(9,10)53-34)14-12-13-27-21-28(22-31(50-24-48-11)33(27)35(45)51-26(25)2)49-20-19-42(36(46)54-38(3,4)5)23-32-41-17-18-43(32)37(47)55-39(6,7)8/h12-13,15-18,21-22,25-26,30,34H,14,19-20,23-24H2,1-11H3/b13-12+,16-15-/t25-,26+,30?,34?/m1/s1. The number of ether oxygens (including phenoxy) is 8. The second-order valence-corrected chi connectivity index (χ2v) is 15.8. The maximum atomic E-state index is 13.8. The van der Waals surface area contributed by atoms with Crippen molar-refractivity contribution in [3.8, 4) is 11.5 Å². The number of carbonyl (C=O) groups excluding carboxylic acids is 4. The summed E-state index contributed by atoms with van der Waals surface area (Å²) in [6.45, 7) is 17.3. The summed E-state index contributed by atoms with van der Waals surface area (Å²) in [5.41, 5.74) is -1.01. The highest BCUT2D eigenvalue weighted by Crippen LogP contribution is 2.34. The molecule has 15 nitrogen and oxygen atoms in total. The van der Waals surface area contributed by atoms with Gasteiger partial charge in [-0.3, -0.25) is 9.69 Å². The first kappa shape index (κ1) is 43.0. The van der Waals surface area contributed by atoms with Crippen molar-refractivity contribution >= 4 is 30.0 Å². The smallest absolute Gasteiger partial charge is 0.420 e. The molecule has 1 aromatic heterocycles. The minimum absolute atomic E-state index is 0.0203. The summed E-state index contributed by atoms with van der Waals surface area (Å²) in [5, 5.41) is 0. The number of benzene rings is 1. The topological polar surface area (TPSA) is 163 Å². The molecule has 2 aromatic rings. The molecule has 55 heavy (non-hydrogen) atoms. The van der Waals surface area contributed by atoms with Crippen LogP contribution in [-0.4, -0.2) is 101 Å². The van der Waals surface area contributed by atoms with E-state index in [1.807, 2.05) is 6.92 Å². The number of carbonyl (C=O) groups is 4. The van der Waals surface area contributed by atoms with E-state index in [-0.39, 0.29) is 61.7 Å². The second-order valence-electron chi connectivity index (χ2n) is 15.8. The first-order valence-electron chi connectivity index (χ1n) is 18.3. The van der Waals surface area contributed by atoms with E-state index in [0.29, 0.717) is 11.3 Å². The Bertz CT molecular complexity index is 1750. The number of hydrogen-bond acceptors (Lipinski definition) is 13. The monoisotopic (exact) mass is 769 g/mol. The van der Waals surface area contributed by atoms with Gasteiger partial charge in [0.15, 0.2) is 18.4 Å². The number of methoxy groups -OCH3 is 1. The van der Waals surface area contributed by atoms with Crippen LogP contribution in [0.1, 0.15) is 97.4 Å². The van der Waals surface area contributed by atoms with Crippen molar-refractivity contribution in [3.05, 3.63) is 59.7 Å². The molecule has 0 bridgehead atoms. The molecule has 1 aromatic carbocycles. The van der Waals surface area contributed by atoms with Crippen molar-refractivity contribution in [3.63, 3.8) is 0 Å². The number of fused-ring (bicyclic) bond motifs is 2. The van der Waals surface area contributed by atoms with Gasteiger partial charge in [-0.25, -0.2) is 23.9 Å². The zero-order chi connectivity index (χ0) is 40.7. The van der Waals surface area contributed by atoms with Gasteiger partial charge >= 0.3 is 18.2 Å². The Kier molecular flexibility index (Phi) is 13.9. The summed E-state index contributed by atoms with van der Waals surface area (Å²) in [6.07, 6.45) is 6.53. The van der Waals surface area contributed by atoms with Crippen LogP contribution in [0.5, 0.6) is 11.5 Å². The van der Waals surface area contributed by atoms with Gasteiger partial charge < -0.3 is 37.9 Å². The average molecular weight is 770 g/mol. The Labute approximate surface area is 322 Å². The highest BCUT2D eigenvalue weighted by molar-refractivity contribution is 5.97. The molecule has 15 heteroatoms. The van der Waals surface area contributed by atoms with Crippen LogP contribution in [0.2, 0.25) is 0 Å². The molecule has 2 aliphatic rings. The largest absolute Gasteiger partial charge is 0.492 e. The number of amides is 1. The molecule has 1 fully saturated rings. The maximum Gasteiger partial charge on any atom is 0.420 e.